The van der Waals surface area contributed by atoms with Crippen molar-refractivity contribution in [3.63, 3.8) is 0 Å². The first-order valence-electron chi connectivity index (χ1n) is 10.0. The van der Waals surface area contributed by atoms with Gasteiger partial charge in [-0.2, -0.15) is 0 Å². The molecule has 0 bridgehead atoms. The molecular formula is C23H28N4O. The molecule has 0 atom stereocenters. The fourth-order valence-corrected chi connectivity index (χ4v) is 4.00. The van der Waals surface area contributed by atoms with E-state index in [1.54, 1.807) is 4.40 Å². The topological polar surface area (TPSA) is 40.9 Å². The number of hydrogen-bond acceptors (Lipinski definition) is 4. The fourth-order valence-electron chi connectivity index (χ4n) is 4.00. The Kier molecular flexibility index (Phi) is 5.18. The van der Waals surface area contributed by atoms with Gasteiger partial charge < -0.3 is 4.90 Å². The molecule has 4 rings (SSSR count). The summed E-state index contributed by atoms with van der Waals surface area (Å²) in [7, 11) is 0. The molecule has 1 aromatic carbocycles. The summed E-state index contributed by atoms with van der Waals surface area (Å²) >= 11 is 0. The van der Waals surface area contributed by atoms with Crippen molar-refractivity contribution in [2.24, 2.45) is 0 Å². The predicted molar refractivity (Wildman–Crippen MR) is 114 cm³/mol. The molecule has 28 heavy (non-hydrogen) atoms. The second-order valence-corrected chi connectivity index (χ2v) is 7.83. The molecule has 0 saturated carbocycles. The van der Waals surface area contributed by atoms with E-state index < -0.39 is 0 Å². The summed E-state index contributed by atoms with van der Waals surface area (Å²) in [4.78, 5) is 22.5. The summed E-state index contributed by atoms with van der Waals surface area (Å²) in [6.45, 7) is 11.1. The first kappa shape index (κ1) is 18.7. The second-order valence-electron chi connectivity index (χ2n) is 7.83. The number of hydrogen-bond donors (Lipinski definition) is 0. The minimum absolute atomic E-state index is 0.0703. The highest BCUT2D eigenvalue weighted by atomic mass is 16.1. The lowest BCUT2D eigenvalue weighted by molar-refractivity contribution is 0.260. The minimum Gasteiger partial charge on any atom is -0.369 e. The average molecular weight is 377 g/mol. The molecule has 3 aromatic rings. The van der Waals surface area contributed by atoms with Crippen LogP contribution in [0.4, 0.5) is 5.69 Å². The van der Waals surface area contributed by atoms with Gasteiger partial charge in [0.25, 0.3) is 5.56 Å². The Morgan fingerprint density at radius 2 is 1.71 bits per heavy atom. The van der Waals surface area contributed by atoms with Crippen LogP contribution in [-0.2, 0) is 6.42 Å². The molecule has 1 aliphatic rings. The summed E-state index contributed by atoms with van der Waals surface area (Å²) in [6, 6.07) is 12.6. The molecule has 0 amide bonds. The van der Waals surface area contributed by atoms with E-state index in [0.29, 0.717) is 0 Å². The highest BCUT2D eigenvalue weighted by molar-refractivity contribution is 5.48. The number of benzene rings is 1. The summed E-state index contributed by atoms with van der Waals surface area (Å²) in [5.74, 6) is 0. The van der Waals surface area contributed by atoms with Crippen molar-refractivity contribution in [3.8, 4) is 0 Å². The van der Waals surface area contributed by atoms with Crippen LogP contribution >= 0.6 is 0 Å². The first-order chi connectivity index (χ1) is 13.5. The number of nitrogens with zero attached hydrogens (tertiary/aromatic N) is 4. The molecule has 0 N–H and O–H groups in total. The standard InChI is InChI=1S/C23H28N4O/c1-17-5-4-6-20(15-17)26-13-11-25(12-14-26)9-8-21-19(3)24-22-16-18(2)7-10-27(22)23(21)28/h4-7,10,15-16H,8-9,11-14H2,1-3H3. The molecule has 5 heteroatoms. The predicted octanol–water partition coefficient (Wildman–Crippen LogP) is 2.98. The maximum Gasteiger partial charge on any atom is 0.261 e. The molecular weight excluding hydrogens is 348 g/mol. The summed E-state index contributed by atoms with van der Waals surface area (Å²) in [5, 5.41) is 0. The Labute approximate surface area is 166 Å². The van der Waals surface area contributed by atoms with Crippen molar-refractivity contribution >= 4 is 11.3 Å². The van der Waals surface area contributed by atoms with Crippen LogP contribution in [0.25, 0.3) is 5.65 Å². The highest BCUT2D eigenvalue weighted by Gasteiger charge is 2.18. The number of fused-ring (bicyclic) bond motifs is 1. The first-order valence-corrected chi connectivity index (χ1v) is 10.0. The average Bonchev–Trinajstić information content (AvgIpc) is 2.68. The summed E-state index contributed by atoms with van der Waals surface area (Å²) in [5.41, 5.74) is 6.22. The zero-order valence-corrected chi connectivity index (χ0v) is 17.0. The number of aryl methyl sites for hydroxylation is 3. The van der Waals surface area contributed by atoms with Crippen LogP contribution in [0.1, 0.15) is 22.4 Å². The third kappa shape index (κ3) is 3.80. The lowest BCUT2D eigenvalue weighted by Gasteiger charge is -2.36. The molecule has 2 aromatic heterocycles. The van der Waals surface area contributed by atoms with Gasteiger partial charge in [-0.25, -0.2) is 4.98 Å². The number of anilines is 1. The Balaban J connectivity index is 1.42. The van der Waals surface area contributed by atoms with E-state index in [0.717, 1.165) is 61.6 Å². The second kappa shape index (κ2) is 7.76. The van der Waals surface area contributed by atoms with Crippen LogP contribution in [0.5, 0.6) is 0 Å². The Morgan fingerprint density at radius 1 is 0.964 bits per heavy atom. The Bertz CT molecular complexity index is 1050. The molecule has 0 unspecified atom stereocenters. The summed E-state index contributed by atoms with van der Waals surface area (Å²) < 4.78 is 1.67. The number of pyridine rings is 1. The monoisotopic (exact) mass is 376 g/mol. The van der Waals surface area contributed by atoms with Crippen molar-refractivity contribution in [1.29, 1.82) is 0 Å². The van der Waals surface area contributed by atoms with Crippen molar-refractivity contribution < 1.29 is 0 Å². The van der Waals surface area contributed by atoms with E-state index in [2.05, 4.69) is 46.0 Å². The van der Waals surface area contributed by atoms with Gasteiger partial charge in [-0.3, -0.25) is 14.1 Å². The Morgan fingerprint density at radius 3 is 2.46 bits per heavy atom. The number of rotatable bonds is 4. The van der Waals surface area contributed by atoms with Crippen LogP contribution in [0.3, 0.4) is 0 Å². The van der Waals surface area contributed by atoms with Gasteiger partial charge in [-0.1, -0.05) is 12.1 Å². The van der Waals surface area contributed by atoms with Gasteiger partial charge in [0.1, 0.15) is 5.65 Å². The fraction of sp³-hybridized carbons (Fsp3) is 0.391. The van der Waals surface area contributed by atoms with Crippen molar-refractivity contribution in [2.45, 2.75) is 27.2 Å². The number of aromatic nitrogens is 2. The molecule has 0 spiro atoms. The Hall–Kier alpha value is -2.66. The van der Waals surface area contributed by atoms with Gasteiger partial charge in [0, 0.05) is 55.9 Å². The summed E-state index contributed by atoms with van der Waals surface area (Å²) in [6.07, 6.45) is 2.59. The maximum atomic E-state index is 12.9. The largest absolute Gasteiger partial charge is 0.369 e. The van der Waals surface area contributed by atoms with Gasteiger partial charge in [-0.15, -0.1) is 0 Å². The molecule has 1 fully saturated rings. The van der Waals surface area contributed by atoms with Crippen LogP contribution in [0.2, 0.25) is 0 Å². The molecule has 0 radical (unpaired) electrons. The van der Waals surface area contributed by atoms with Crippen LogP contribution < -0.4 is 10.5 Å². The van der Waals surface area contributed by atoms with Gasteiger partial charge >= 0.3 is 0 Å². The molecule has 1 saturated heterocycles. The van der Waals surface area contributed by atoms with E-state index in [1.165, 1.54) is 11.3 Å². The van der Waals surface area contributed by atoms with E-state index in [1.807, 2.05) is 32.2 Å². The van der Waals surface area contributed by atoms with Crippen LogP contribution in [0.15, 0.2) is 47.4 Å². The van der Waals surface area contributed by atoms with E-state index in [9.17, 15) is 4.79 Å². The van der Waals surface area contributed by atoms with Crippen LogP contribution in [-0.4, -0.2) is 47.0 Å². The molecule has 146 valence electrons. The molecule has 5 nitrogen and oxygen atoms in total. The molecule has 1 aliphatic heterocycles. The lowest BCUT2D eigenvalue weighted by atomic mass is 10.1. The van der Waals surface area contributed by atoms with Crippen molar-refractivity contribution in [2.75, 3.05) is 37.6 Å². The highest BCUT2D eigenvalue weighted by Crippen LogP contribution is 2.18. The lowest BCUT2D eigenvalue weighted by Crippen LogP contribution is -2.47. The molecule has 3 heterocycles. The van der Waals surface area contributed by atoms with E-state index >= 15 is 0 Å². The minimum atomic E-state index is 0.0703. The normalized spacial score (nSPS) is 15.3. The van der Waals surface area contributed by atoms with E-state index in [-0.39, 0.29) is 5.56 Å². The third-order valence-corrected chi connectivity index (χ3v) is 5.70. The van der Waals surface area contributed by atoms with Gasteiger partial charge in [-0.05, 0) is 62.6 Å². The van der Waals surface area contributed by atoms with E-state index in [4.69, 9.17) is 0 Å². The van der Waals surface area contributed by atoms with Gasteiger partial charge in [0.2, 0.25) is 0 Å². The van der Waals surface area contributed by atoms with Crippen molar-refractivity contribution in [1.82, 2.24) is 14.3 Å². The van der Waals surface area contributed by atoms with Crippen LogP contribution in [0, 0.1) is 20.8 Å². The smallest absolute Gasteiger partial charge is 0.261 e. The number of piperazine rings is 1. The zero-order chi connectivity index (χ0) is 19.7. The zero-order valence-electron chi connectivity index (χ0n) is 17.0. The third-order valence-electron chi connectivity index (χ3n) is 5.70. The SMILES string of the molecule is Cc1cccc(N2CCN(CCc3c(C)nc4cc(C)ccn4c3=O)CC2)c1. The maximum absolute atomic E-state index is 12.9. The van der Waals surface area contributed by atoms with Crippen molar-refractivity contribution in [3.05, 3.63) is 75.3 Å². The van der Waals surface area contributed by atoms with Gasteiger partial charge in [0.15, 0.2) is 0 Å². The quantitative estimate of drug-likeness (QED) is 0.702. The van der Waals surface area contributed by atoms with Gasteiger partial charge in [0.05, 0.1) is 0 Å². The molecule has 0 aliphatic carbocycles.